The molecule has 0 saturated heterocycles. The molecule has 1 saturated carbocycles. The zero-order valence-electron chi connectivity index (χ0n) is 10.2. The summed E-state index contributed by atoms with van der Waals surface area (Å²) in [6.45, 7) is 4.45. The van der Waals surface area contributed by atoms with Crippen molar-refractivity contribution < 1.29 is 4.79 Å². The third-order valence-corrected chi connectivity index (χ3v) is 3.91. The van der Waals surface area contributed by atoms with Crippen LogP contribution in [0.5, 0.6) is 0 Å². The maximum Gasteiger partial charge on any atom is 0.150 e. The molecule has 1 aliphatic carbocycles. The Bertz CT molecular complexity index is 373. The maximum absolute atomic E-state index is 11.1. The predicted octanol–water partition coefficient (Wildman–Crippen LogP) is 4.10. The van der Waals surface area contributed by atoms with Gasteiger partial charge in [-0.1, -0.05) is 38.0 Å². The minimum atomic E-state index is 0.609. The molecule has 1 aromatic rings. The lowest BCUT2D eigenvalue weighted by Crippen LogP contribution is -2.13. The molecule has 86 valence electrons. The summed E-state index contributed by atoms with van der Waals surface area (Å²) in [7, 11) is 0. The largest absolute Gasteiger partial charge is 0.298 e. The van der Waals surface area contributed by atoms with Gasteiger partial charge in [-0.3, -0.25) is 4.79 Å². The van der Waals surface area contributed by atoms with Gasteiger partial charge in [-0.25, -0.2) is 0 Å². The van der Waals surface area contributed by atoms with Gasteiger partial charge in [0.1, 0.15) is 6.29 Å². The molecule has 0 heterocycles. The number of rotatable bonds is 2. The second-order valence-electron chi connectivity index (χ2n) is 5.15. The quantitative estimate of drug-likeness (QED) is 0.680. The number of aldehydes is 1. The third kappa shape index (κ3) is 2.18. The Labute approximate surface area is 97.9 Å². The van der Waals surface area contributed by atoms with Gasteiger partial charge >= 0.3 is 0 Å². The Kier molecular flexibility index (Phi) is 3.42. The molecule has 0 unspecified atom stereocenters. The van der Waals surface area contributed by atoms with Gasteiger partial charge in [-0.05, 0) is 42.7 Å². The summed E-state index contributed by atoms with van der Waals surface area (Å²) in [6.07, 6.45) is 6.11. The molecule has 0 radical (unpaired) electrons. The number of aryl methyl sites for hydroxylation is 1. The normalized spacial score (nSPS) is 25.4. The van der Waals surface area contributed by atoms with E-state index in [4.69, 9.17) is 0 Å². The van der Waals surface area contributed by atoms with Crippen LogP contribution in [0.4, 0.5) is 0 Å². The Hall–Kier alpha value is -1.11. The molecule has 0 atom stereocenters. The van der Waals surface area contributed by atoms with E-state index in [1.807, 2.05) is 12.1 Å². The SMILES string of the molecule is Cc1cccc(C=O)c1C1CCC(C)CC1. The smallest absolute Gasteiger partial charge is 0.150 e. The highest BCUT2D eigenvalue weighted by Crippen LogP contribution is 2.37. The highest BCUT2D eigenvalue weighted by molar-refractivity contribution is 5.78. The topological polar surface area (TPSA) is 17.1 Å². The van der Waals surface area contributed by atoms with Crippen LogP contribution < -0.4 is 0 Å². The van der Waals surface area contributed by atoms with Crippen LogP contribution in [0.3, 0.4) is 0 Å². The Morgan fingerprint density at radius 1 is 1.19 bits per heavy atom. The van der Waals surface area contributed by atoms with Crippen LogP contribution in [-0.2, 0) is 0 Å². The van der Waals surface area contributed by atoms with E-state index in [0.717, 1.165) is 17.8 Å². The van der Waals surface area contributed by atoms with Crippen molar-refractivity contribution in [1.82, 2.24) is 0 Å². The predicted molar refractivity (Wildman–Crippen MR) is 66.9 cm³/mol. The first-order valence-electron chi connectivity index (χ1n) is 6.27. The van der Waals surface area contributed by atoms with Crippen LogP contribution in [0.2, 0.25) is 0 Å². The van der Waals surface area contributed by atoms with Crippen LogP contribution in [0.15, 0.2) is 18.2 Å². The van der Waals surface area contributed by atoms with Crippen LogP contribution in [0, 0.1) is 12.8 Å². The summed E-state index contributed by atoms with van der Waals surface area (Å²) in [6, 6.07) is 6.06. The minimum absolute atomic E-state index is 0.609. The maximum atomic E-state index is 11.1. The van der Waals surface area contributed by atoms with Crippen LogP contribution >= 0.6 is 0 Å². The second-order valence-corrected chi connectivity index (χ2v) is 5.15. The summed E-state index contributed by atoms with van der Waals surface area (Å²) in [4.78, 5) is 11.1. The molecular formula is C15H20O. The van der Waals surface area contributed by atoms with Gasteiger partial charge in [0.25, 0.3) is 0 Å². The van der Waals surface area contributed by atoms with Gasteiger partial charge in [0, 0.05) is 5.56 Å². The molecule has 1 aliphatic rings. The Morgan fingerprint density at radius 2 is 1.88 bits per heavy atom. The Morgan fingerprint density at radius 3 is 2.50 bits per heavy atom. The fraction of sp³-hybridized carbons (Fsp3) is 0.533. The number of carbonyl (C=O) groups excluding carboxylic acids is 1. The van der Waals surface area contributed by atoms with Gasteiger partial charge in [-0.2, -0.15) is 0 Å². The zero-order chi connectivity index (χ0) is 11.5. The molecule has 0 amide bonds. The lowest BCUT2D eigenvalue weighted by Gasteiger charge is -2.28. The van der Waals surface area contributed by atoms with Crippen molar-refractivity contribution in [3.8, 4) is 0 Å². The van der Waals surface area contributed by atoms with Crippen molar-refractivity contribution in [2.45, 2.75) is 45.4 Å². The lowest BCUT2D eigenvalue weighted by atomic mass is 9.77. The molecule has 1 heteroatoms. The third-order valence-electron chi connectivity index (χ3n) is 3.91. The minimum Gasteiger partial charge on any atom is -0.298 e. The summed E-state index contributed by atoms with van der Waals surface area (Å²) in [5.41, 5.74) is 3.49. The lowest BCUT2D eigenvalue weighted by molar-refractivity contribution is 0.112. The van der Waals surface area contributed by atoms with Crippen molar-refractivity contribution in [3.05, 3.63) is 34.9 Å². The van der Waals surface area contributed by atoms with Crippen LogP contribution in [-0.4, -0.2) is 6.29 Å². The van der Waals surface area contributed by atoms with Crippen molar-refractivity contribution in [2.24, 2.45) is 5.92 Å². The summed E-state index contributed by atoms with van der Waals surface area (Å²) in [5.74, 6) is 1.47. The molecule has 0 aliphatic heterocycles. The standard InChI is InChI=1S/C15H20O/c1-11-6-8-13(9-7-11)15-12(2)4-3-5-14(15)10-16/h3-5,10-11,13H,6-9H2,1-2H3. The highest BCUT2D eigenvalue weighted by Gasteiger charge is 2.22. The molecule has 1 aromatic carbocycles. The first kappa shape index (κ1) is 11.4. The first-order valence-corrected chi connectivity index (χ1v) is 6.27. The molecule has 0 N–H and O–H groups in total. The number of hydrogen-bond donors (Lipinski definition) is 0. The first-order chi connectivity index (χ1) is 7.72. The molecule has 1 fully saturated rings. The zero-order valence-corrected chi connectivity index (χ0v) is 10.2. The Balaban J connectivity index is 2.28. The van der Waals surface area contributed by atoms with Gasteiger partial charge in [0.05, 0.1) is 0 Å². The molecule has 1 nitrogen and oxygen atoms in total. The molecule has 0 aromatic heterocycles. The van der Waals surface area contributed by atoms with Crippen molar-refractivity contribution in [1.29, 1.82) is 0 Å². The van der Waals surface area contributed by atoms with Crippen molar-refractivity contribution in [2.75, 3.05) is 0 Å². The average molecular weight is 216 g/mol. The van der Waals surface area contributed by atoms with E-state index in [1.54, 1.807) is 0 Å². The van der Waals surface area contributed by atoms with E-state index >= 15 is 0 Å². The van der Waals surface area contributed by atoms with E-state index in [1.165, 1.54) is 36.8 Å². The molecule has 16 heavy (non-hydrogen) atoms. The van der Waals surface area contributed by atoms with E-state index in [-0.39, 0.29) is 0 Å². The van der Waals surface area contributed by atoms with Gasteiger partial charge < -0.3 is 0 Å². The van der Waals surface area contributed by atoms with Gasteiger partial charge in [-0.15, -0.1) is 0 Å². The number of hydrogen-bond acceptors (Lipinski definition) is 1. The van der Waals surface area contributed by atoms with Crippen LogP contribution in [0.25, 0.3) is 0 Å². The average Bonchev–Trinajstić information content (AvgIpc) is 2.30. The van der Waals surface area contributed by atoms with Crippen LogP contribution in [0.1, 0.15) is 60.0 Å². The monoisotopic (exact) mass is 216 g/mol. The summed E-state index contributed by atoms with van der Waals surface area (Å²) < 4.78 is 0. The fourth-order valence-electron chi connectivity index (χ4n) is 2.91. The van der Waals surface area contributed by atoms with E-state index in [2.05, 4.69) is 19.9 Å². The number of benzene rings is 1. The van der Waals surface area contributed by atoms with E-state index in [0.29, 0.717) is 5.92 Å². The molecule has 0 spiro atoms. The van der Waals surface area contributed by atoms with E-state index in [9.17, 15) is 4.79 Å². The molecule has 0 bridgehead atoms. The van der Waals surface area contributed by atoms with E-state index < -0.39 is 0 Å². The fourth-order valence-corrected chi connectivity index (χ4v) is 2.91. The van der Waals surface area contributed by atoms with Crippen molar-refractivity contribution in [3.63, 3.8) is 0 Å². The van der Waals surface area contributed by atoms with Crippen molar-refractivity contribution >= 4 is 6.29 Å². The summed E-state index contributed by atoms with van der Waals surface area (Å²) in [5, 5.41) is 0. The molecule has 2 rings (SSSR count). The van der Waals surface area contributed by atoms with Gasteiger partial charge in [0.2, 0.25) is 0 Å². The van der Waals surface area contributed by atoms with Gasteiger partial charge in [0.15, 0.2) is 0 Å². The number of carbonyl (C=O) groups is 1. The highest BCUT2D eigenvalue weighted by atomic mass is 16.1. The molecular weight excluding hydrogens is 196 g/mol. The summed E-state index contributed by atoms with van der Waals surface area (Å²) >= 11 is 0. The second kappa shape index (κ2) is 4.82.